The first-order valence-electron chi connectivity index (χ1n) is 7.86. The van der Waals surface area contributed by atoms with Crippen LogP contribution in [0.4, 0.5) is 0 Å². The fraction of sp³-hybridized carbons (Fsp3) is 0.667. The Morgan fingerprint density at radius 1 is 1.00 bits per heavy atom. The van der Waals surface area contributed by atoms with E-state index in [-0.39, 0.29) is 0 Å². The molecule has 1 aromatic rings. The van der Waals surface area contributed by atoms with Crippen LogP contribution < -0.4 is 0 Å². The molecular formula is C18H31N. The lowest BCUT2D eigenvalue weighted by molar-refractivity contribution is 0.334. The fourth-order valence-electron chi connectivity index (χ4n) is 2.27. The highest BCUT2D eigenvalue weighted by atomic mass is 15.1. The average Bonchev–Trinajstić information content (AvgIpc) is 2.84. The molecule has 0 spiro atoms. The van der Waals surface area contributed by atoms with Gasteiger partial charge in [0.05, 0.1) is 0 Å². The molecule has 0 N–H and O–H groups in total. The SMILES string of the molecule is CC(C)C.Cc1ccc(CCCN2CCCC2)cc1. The van der Waals surface area contributed by atoms with Gasteiger partial charge in [0.1, 0.15) is 0 Å². The molecule has 0 aromatic heterocycles. The Morgan fingerprint density at radius 2 is 1.53 bits per heavy atom. The molecule has 0 atom stereocenters. The van der Waals surface area contributed by atoms with Crippen molar-refractivity contribution in [2.45, 2.75) is 53.4 Å². The number of hydrogen-bond donors (Lipinski definition) is 0. The Balaban J connectivity index is 0.000000399. The van der Waals surface area contributed by atoms with Crippen molar-refractivity contribution >= 4 is 0 Å². The molecule has 0 amide bonds. The molecule has 0 bridgehead atoms. The summed E-state index contributed by atoms with van der Waals surface area (Å²) >= 11 is 0. The second-order valence-corrected chi connectivity index (χ2v) is 6.37. The molecule has 1 nitrogen and oxygen atoms in total. The minimum atomic E-state index is 0.833. The van der Waals surface area contributed by atoms with E-state index in [9.17, 15) is 0 Å². The molecule has 1 heterocycles. The van der Waals surface area contributed by atoms with Gasteiger partial charge >= 0.3 is 0 Å². The normalized spacial score (nSPS) is 15.4. The first-order valence-corrected chi connectivity index (χ1v) is 7.86. The Hall–Kier alpha value is -0.820. The van der Waals surface area contributed by atoms with Crippen LogP contribution in [0.15, 0.2) is 24.3 Å². The van der Waals surface area contributed by atoms with Crippen LogP contribution in [0.5, 0.6) is 0 Å². The Morgan fingerprint density at radius 3 is 2.05 bits per heavy atom. The highest BCUT2D eigenvalue weighted by Gasteiger charge is 2.10. The zero-order valence-corrected chi connectivity index (χ0v) is 13.3. The molecule has 0 saturated carbocycles. The van der Waals surface area contributed by atoms with Crippen LogP contribution in [0.3, 0.4) is 0 Å². The van der Waals surface area contributed by atoms with Crippen LogP contribution in [-0.4, -0.2) is 24.5 Å². The number of nitrogens with zero attached hydrogens (tertiary/aromatic N) is 1. The summed E-state index contributed by atoms with van der Waals surface area (Å²) in [7, 11) is 0. The summed E-state index contributed by atoms with van der Waals surface area (Å²) in [5.41, 5.74) is 2.85. The van der Waals surface area contributed by atoms with E-state index < -0.39 is 0 Å². The minimum Gasteiger partial charge on any atom is -0.303 e. The van der Waals surface area contributed by atoms with Gasteiger partial charge in [-0.2, -0.15) is 0 Å². The molecule has 1 saturated heterocycles. The van der Waals surface area contributed by atoms with Gasteiger partial charge in [-0.15, -0.1) is 0 Å². The lowest BCUT2D eigenvalue weighted by atomic mass is 10.1. The number of aryl methyl sites for hydroxylation is 2. The van der Waals surface area contributed by atoms with Gasteiger partial charge in [0.2, 0.25) is 0 Å². The van der Waals surface area contributed by atoms with Gasteiger partial charge in [-0.3, -0.25) is 0 Å². The first kappa shape index (κ1) is 16.2. The predicted molar refractivity (Wildman–Crippen MR) is 85.7 cm³/mol. The largest absolute Gasteiger partial charge is 0.303 e. The van der Waals surface area contributed by atoms with E-state index in [2.05, 4.69) is 56.9 Å². The fourth-order valence-corrected chi connectivity index (χ4v) is 2.27. The van der Waals surface area contributed by atoms with Gasteiger partial charge in [-0.25, -0.2) is 0 Å². The van der Waals surface area contributed by atoms with Crippen LogP contribution in [0.2, 0.25) is 0 Å². The molecule has 1 heteroatoms. The van der Waals surface area contributed by atoms with Gasteiger partial charge in [0, 0.05) is 0 Å². The van der Waals surface area contributed by atoms with E-state index in [0.717, 1.165) is 5.92 Å². The number of hydrogen-bond acceptors (Lipinski definition) is 1. The summed E-state index contributed by atoms with van der Waals surface area (Å²) in [6.45, 7) is 12.6. The van der Waals surface area contributed by atoms with E-state index in [0.29, 0.717) is 0 Å². The summed E-state index contributed by atoms with van der Waals surface area (Å²) in [5, 5.41) is 0. The van der Waals surface area contributed by atoms with Crippen LogP contribution in [0.25, 0.3) is 0 Å². The zero-order chi connectivity index (χ0) is 14.1. The third-order valence-corrected chi connectivity index (χ3v) is 3.26. The molecule has 1 aliphatic rings. The van der Waals surface area contributed by atoms with Crippen molar-refractivity contribution in [3.05, 3.63) is 35.4 Å². The smallest absolute Gasteiger partial charge is 0.00156 e. The Bertz CT molecular complexity index is 317. The highest BCUT2D eigenvalue weighted by Crippen LogP contribution is 2.10. The molecule has 0 unspecified atom stereocenters. The molecule has 108 valence electrons. The predicted octanol–water partition coefficient (Wildman–Crippen LogP) is 4.69. The molecular weight excluding hydrogens is 230 g/mol. The van der Waals surface area contributed by atoms with Crippen molar-refractivity contribution in [2.24, 2.45) is 5.92 Å². The summed E-state index contributed by atoms with van der Waals surface area (Å²) in [5.74, 6) is 0.833. The number of rotatable bonds is 4. The first-order chi connectivity index (χ1) is 9.08. The van der Waals surface area contributed by atoms with Crippen molar-refractivity contribution in [3.63, 3.8) is 0 Å². The summed E-state index contributed by atoms with van der Waals surface area (Å²) in [6.07, 6.45) is 5.36. The quantitative estimate of drug-likeness (QED) is 0.760. The van der Waals surface area contributed by atoms with E-state index in [1.807, 2.05) is 0 Å². The average molecular weight is 261 g/mol. The maximum absolute atomic E-state index is 2.59. The summed E-state index contributed by atoms with van der Waals surface area (Å²) in [4.78, 5) is 2.59. The molecule has 1 aliphatic heterocycles. The molecule has 0 aliphatic carbocycles. The van der Waals surface area contributed by atoms with Crippen LogP contribution in [0.1, 0.15) is 51.2 Å². The highest BCUT2D eigenvalue weighted by molar-refractivity contribution is 5.21. The van der Waals surface area contributed by atoms with Crippen LogP contribution in [-0.2, 0) is 6.42 Å². The van der Waals surface area contributed by atoms with Crippen molar-refractivity contribution in [2.75, 3.05) is 19.6 Å². The number of likely N-dealkylation sites (tertiary alicyclic amines) is 1. The lowest BCUT2D eigenvalue weighted by Crippen LogP contribution is -2.20. The van der Waals surface area contributed by atoms with Crippen LogP contribution >= 0.6 is 0 Å². The third kappa shape index (κ3) is 8.05. The van der Waals surface area contributed by atoms with Crippen molar-refractivity contribution in [3.8, 4) is 0 Å². The van der Waals surface area contributed by atoms with Crippen molar-refractivity contribution < 1.29 is 0 Å². The summed E-state index contributed by atoms with van der Waals surface area (Å²) in [6, 6.07) is 8.95. The maximum Gasteiger partial charge on any atom is -0.00156 e. The zero-order valence-electron chi connectivity index (χ0n) is 13.3. The second-order valence-electron chi connectivity index (χ2n) is 6.37. The molecule has 0 radical (unpaired) electrons. The van der Waals surface area contributed by atoms with Gasteiger partial charge in [-0.1, -0.05) is 50.6 Å². The van der Waals surface area contributed by atoms with E-state index in [1.54, 1.807) is 0 Å². The topological polar surface area (TPSA) is 3.24 Å². The molecule has 2 rings (SSSR count). The minimum absolute atomic E-state index is 0.833. The Labute approximate surface area is 120 Å². The van der Waals surface area contributed by atoms with E-state index >= 15 is 0 Å². The van der Waals surface area contributed by atoms with Crippen molar-refractivity contribution in [1.82, 2.24) is 4.90 Å². The maximum atomic E-state index is 2.59. The lowest BCUT2D eigenvalue weighted by Gasteiger charge is -2.13. The van der Waals surface area contributed by atoms with Gasteiger partial charge < -0.3 is 4.90 Å². The molecule has 1 aromatic carbocycles. The molecule has 1 fully saturated rings. The summed E-state index contributed by atoms with van der Waals surface area (Å²) < 4.78 is 0. The van der Waals surface area contributed by atoms with Gasteiger partial charge in [-0.05, 0) is 63.7 Å². The third-order valence-electron chi connectivity index (χ3n) is 3.26. The van der Waals surface area contributed by atoms with E-state index in [1.165, 1.54) is 56.4 Å². The monoisotopic (exact) mass is 261 g/mol. The second kappa shape index (κ2) is 9.14. The standard InChI is InChI=1S/C14H21N.C4H10/c1-13-6-8-14(9-7-13)5-4-12-15-10-2-3-11-15;1-4(2)3/h6-9H,2-5,10-12H2,1H3;4H,1-3H3. The Kier molecular flexibility index (Phi) is 7.81. The van der Waals surface area contributed by atoms with Crippen LogP contribution in [0, 0.1) is 12.8 Å². The van der Waals surface area contributed by atoms with Gasteiger partial charge in [0.15, 0.2) is 0 Å². The van der Waals surface area contributed by atoms with E-state index in [4.69, 9.17) is 0 Å². The van der Waals surface area contributed by atoms with Gasteiger partial charge in [0.25, 0.3) is 0 Å². The number of benzene rings is 1. The molecule has 19 heavy (non-hydrogen) atoms. The van der Waals surface area contributed by atoms with Crippen molar-refractivity contribution in [1.29, 1.82) is 0 Å².